The second-order valence-electron chi connectivity index (χ2n) is 15.5. The Morgan fingerprint density at radius 3 is 2.42 bits per heavy atom. The highest BCUT2D eigenvalue weighted by molar-refractivity contribution is 5.83. The van der Waals surface area contributed by atoms with E-state index < -0.39 is 78.5 Å². The molecule has 0 aromatic heterocycles. The van der Waals surface area contributed by atoms with Crippen LogP contribution in [0.1, 0.15) is 124 Å². The predicted octanol–water partition coefficient (Wildman–Crippen LogP) is 5.08. The molecule has 13 heteroatoms. The summed E-state index contributed by atoms with van der Waals surface area (Å²) in [4.78, 5) is 38.9. The third-order valence-electron chi connectivity index (χ3n) is 10.7. The first-order valence-electron chi connectivity index (χ1n) is 19.3. The maximum atomic E-state index is 15.2. The Balaban J connectivity index is 1.70. The molecule has 4 aliphatic heterocycles. The molecule has 3 saturated heterocycles. The number of halogens is 1. The summed E-state index contributed by atoms with van der Waals surface area (Å²) in [5.41, 5.74) is -1.12. The molecule has 1 unspecified atom stereocenters. The maximum Gasteiger partial charge on any atom is 0.330 e. The lowest BCUT2D eigenvalue weighted by Crippen LogP contribution is -2.62. The molecule has 3 N–H and O–H groups in total. The first-order valence-corrected chi connectivity index (χ1v) is 19.3. The van der Waals surface area contributed by atoms with Crippen molar-refractivity contribution in [2.24, 2.45) is 5.41 Å². The normalized spacial score (nSPS) is 37.3. The first kappa shape index (κ1) is 42.3. The van der Waals surface area contributed by atoms with E-state index in [1.165, 1.54) is 7.11 Å². The summed E-state index contributed by atoms with van der Waals surface area (Å²) >= 11 is 0. The summed E-state index contributed by atoms with van der Waals surface area (Å²) in [5, 5.41) is 33.7. The van der Waals surface area contributed by atoms with Gasteiger partial charge in [-0.25, -0.2) is 9.18 Å². The Bertz CT molecular complexity index is 1240. The van der Waals surface area contributed by atoms with Gasteiger partial charge < -0.3 is 43.7 Å². The van der Waals surface area contributed by atoms with Crippen LogP contribution in [0.15, 0.2) is 23.8 Å². The van der Waals surface area contributed by atoms with Gasteiger partial charge in [0.1, 0.15) is 12.3 Å². The van der Waals surface area contributed by atoms with Gasteiger partial charge >= 0.3 is 17.9 Å². The average molecular weight is 741 g/mol. The fourth-order valence-corrected chi connectivity index (χ4v) is 7.79. The predicted molar refractivity (Wildman–Crippen MR) is 187 cm³/mol. The molecule has 0 aliphatic carbocycles. The van der Waals surface area contributed by atoms with E-state index in [1.54, 1.807) is 26.0 Å². The van der Waals surface area contributed by atoms with Gasteiger partial charge in [-0.15, -0.1) is 0 Å². The number of methoxy groups -OCH3 is 1. The zero-order chi connectivity index (χ0) is 37.9. The van der Waals surface area contributed by atoms with Crippen molar-refractivity contribution >= 4 is 17.9 Å². The molecule has 296 valence electrons. The van der Waals surface area contributed by atoms with Crippen molar-refractivity contribution in [2.75, 3.05) is 13.7 Å². The number of aliphatic hydroxyl groups is 3. The van der Waals surface area contributed by atoms with Crippen molar-refractivity contribution in [3.63, 3.8) is 0 Å². The van der Waals surface area contributed by atoms with E-state index >= 15 is 4.39 Å². The van der Waals surface area contributed by atoms with Gasteiger partial charge in [0.2, 0.25) is 5.79 Å². The van der Waals surface area contributed by atoms with Crippen LogP contribution in [-0.2, 0) is 42.8 Å². The Morgan fingerprint density at radius 1 is 0.981 bits per heavy atom. The van der Waals surface area contributed by atoms with E-state index in [-0.39, 0.29) is 62.7 Å². The summed E-state index contributed by atoms with van der Waals surface area (Å²) in [6.07, 6.45) is 4.83. The van der Waals surface area contributed by atoms with Crippen LogP contribution < -0.4 is 0 Å². The number of hydrogen-bond acceptors (Lipinski definition) is 12. The Hall–Kier alpha value is -2.42. The third kappa shape index (κ3) is 12.0. The molecule has 0 saturated carbocycles. The molecule has 4 aliphatic rings. The van der Waals surface area contributed by atoms with Gasteiger partial charge in [0.15, 0.2) is 6.10 Å². The molecule has 4 heterocycles. The number of alkyl halides is 1. The van der Waals surface area contributed by atoms with Gasteiger partial charge in [-0.3, -0.25) is 9.59 Å². The van der Waals surface area contributed by atoms with Gasteiger partial charge in [0, 0.05) is 43.6 Å². The van der Waals surface area contributed by atoms with Gasteiger partial charge in [-0.2, -0.15) is 0 Å². The Labute approximate surface area is 307 Å². The number of unbranched alkanes of at least 4 members (excludes halogenated alkanes) is 4. The van der Waals surface area contributed by atoms with E-state index in [1.807, 2.05) is 0 Å². The van der Waals surface area contributed by atoms with E-state index in [9.17, 15) is 29.7 Å². The molecule has 10 atom stereocenters. The average Bonchev–Trinajstić information content (AvgIpc) is 3.07. The molecule has 0 aromatic carbocycles. The van der Waals surface area contributed by atoms with Crippen molar-refractivity contribution in [1.82, 2.24) is 0 Å². The van der Waals surface area contributed by atoms with Crippen LogP contribution in [0.5, 0.6) is 0 Å². The molecule has 6 bridgehead atoms. The van der Waals surface area contributed by atoms with Crippen LogP contribution in [-0.4, -0.2) is 108 Å². The van der Waals surface area contributed by atoms with Crippen LogP contribution in [0, 0.1) is 5.41 Å². The number of carbonyl (C=O) groups excluding carboxylic acids is 3. The molecule has 4 rings (SSSR count). The molecule has 0 amide bonds. The summed E-state index contributed by atoms with van der Waals surface area (Å²) in [5.74, 6) is -4.34. The van der Waals surface area contributed by atoms with E-state index in [4.69, 9.17) is 28.4 Å². The van der Waals surface area contributed by atoms with Gasteiger partial charge in [-0.05, 0) is 44.1 Å². The van der Waals surface area contributed by atoms with Gasteiger partial charge in [0.05, 0.1) is 56.8 Å². The second kappa shape index (κ2) is 19.8. The minimum absolute atomic E-state index is 0.0283. The molecule has 3 fully saturated rings. The standard InChI is InChI=1S/C39H61FO12/c1-5-6-7-8-9-13-34(43)51-37-25(17-35(44)47-4)16-32-23-33(24-41)50-36(45)21-27(42)20-28-11-10-12-29(48-28)22-31-19-26(40)18-30(49-31)14-15-38(2,3)39(37,46)52-32/h14-15,17,26-33,37,41-42,46H,5-13,16,18-24H2,1-4H3/b15-14-,25-17+/t26?,27-,28+,29-,30+,31+,32+,33-,37+,39-/m1/s1. The minimum atomic E-state index is -2.29. The van der Waals surface area contributed by atoms with Crippen LogP contribution >= 0.6 is 0 Å². The highest BCUT2D eigenvalue weighted by Gasteiger charge is 2.57. The Morgan fingerprint density at radius 2 is 1.71 bits per heavy atom. The van der Waals surface area contributed by atoms with Crippen molar-refractivity contribution in [2.45, 2.75) is 184 Å². The van der Waals surface area contributed by atoms with Gasteiger partial charge in [-0.1, -0.05) is 58.6 Å². The van der Waals surface area contributed by atoms with E-state index in [0.717, 1.165) is 51.0 Å². The molecule has 0 spiro atoms. The largest absolute Gasteiger partial charge is 0.466 e. The number of carbonyl (C=O) groups is 3. The van der Waals surface area contributed by atoms with Crippen LogP contribution in [0.2, 0.25) is 0 Å². The van der Waals surface area contributed by atoms with Crippen LogP contribution in [0.3, 0.4) is 0 Å². The highest BCUT2D eigenvalue weighted by Crippen LogP contribution is 2.47. The number of ether oxygens (including phenoxy) is 6. The van der Waals surface area contributed by atoms with Crippen molar-refractivity contribution in [3.05, 3.63) is 23.8 Å². The van der Waals surface area contributed by atoms with Crippen LogP contribution in [0.25, 0.3) is 0 Å². The fourth-order valence-electron chi connectivity index (χ4n) is 7.79. The smallest absolute Gasteiger partial charge is 0.330 e. The molecular formula is C39H61FO12. The molecule has 12 nitrogen and oxygen atoms in total. The van der Waals surface area contributed by atoms with Crippen molar-refractivity contribution in [3.8, 4) is 0 Å². The summed E-state index contributed by atoms with van der Waals surface area (Å²) in [7, 11) is 1.20. The summed E-state index contributed by atoms with van der Waals surface area (Å²) in [6, 6.07) is 0. The molecule has 0 aromatic rings. The van der Waals surface area contributed by atoms with Crippen molar-refractivity contribution in [1.29, 1.82) is 0 Å². The second-order valence-corrected chi connectivity index (χ2v) is 15.5. The SMILES string of the molecule is CCCCCCCC(=O)O[C@H]1/C(=C/C(=O)OC)C[C@H]2C[C@H](CO)OC(=O)C[C@H](O)C[C@@H]3CCC[C@H](C[C@@H]4CC(F)C[C@H](/C=C\C(C)(C)[C@]1(O)O2)O4)O3. The van der Waals surface area contributed by atoms with Crippen LogP contribution in [0.4, 0.5) is 4.39 Å². The topological polar surface area (TPSA) is 167 Å². The lowest BCUT2D eigenvalue weighted by molar-refractivity contribution is -0.327. The number of rotatable bonds is 9. The monoisotopic (exact) mass is 740 g/mol. The number of hydrogen-bond donors (Lipinski definition) is 3. The lowest BCUT2D eigenvalue weighted by atomic mass is 9.74. The fraction of sp³-hybridized carbons (Fsp3) is 0.821. The zero-order valence-corrected chi connectivity index (χ0v) is 31.3. The lowest BCUT2D eigenvalue weighted by Gasteiger charge is -2.51. The van der Waals surface area contributed by atoms with E-state index in [0.29, 0.717) is 12.8 Å². The summed E-state index contributed by atoms with van der Waals surface area (Å²) in [6.45, 7) is 4.87. The third-order valence-corrected chi connectivity index (χ3v) is 10.7. The zero-order valence-electron chi connectivity index (χ0n) is 31.3. The number of cyclic esters (lactones) is 1. The maximum absolute atomic E-state index is 15.2. The first-order chi connectivity index (χ1) is 24.7. The van der Waals surface area contributed by atoms with Gasteiger partial charge in [0.25, 0.3) is 0 Å². The molecule has 52 heavy (non-hydrogen) atoms. The number of aliphatic hydroxyl groups excluding tert-OH is 2. The highest BCUT2D eigenvalue weighted by atomic mass is 19.1. The number of fused-ring (bicyclic) bond motifs is 6. The minimum Gasteiger partial charge on any atom is -0.466 e. The molecule has 0 radical (unpaired) electrons. The Kier molecular flexibility index (Phi) is 16.1. The quantitative estimate of drug-likeness (QED) is 0.0945. The number of esters is 3. The van der Waals surface area contributed by atoms with E-state index in [2.05, 4.69) is 6.92 Å². The van der Waals surface area contributed by atoms with Crippen molar-refractivity contribution < 1.29 is 62.5 Å². The molecular weight excluding hydrogens is 679 g/mol. The summed E-state index contributed by atoms with van der Waals surface area (Å²) < 4.78 is 50.7.